The molecule has 1 aromatic rings. The van der Waals surface area contributed by atoms with Gasteiger partial charge in [0.25, 0.3) is 0 Å². The first-order chi connectivity index (χ1) is 11.4. The number of aromatic nitrogens is 1. The lowest BCUT2D eigenvalue weighted by Gasteiger charge is -2.01. The molecule has 0 aliphatic rings. The molecule has 1 heterocycles. The minimum absolute atomic E-state index is 0.191. The minimum Gasteiger partial charge on any atom is -0.404 e. The Morgan fingerprint density at radius 2 is 1.71 bits per heavy atom. The Kier molecular flexibility index (Phi) is 19.3. The first kappa shape index (κ1) is 26.8. The van der Waals surface area contributed by atoms with Crippen molar-refractivity contribution in [2.45, 2.75) is 54.5 Å². The number of aliphatic imine (C=N–C) groups is 1. The zero-order chi connectivity index (χ0) is 19.7. The summed E-state index contributed by atoms with van der Waals surface area (Å²) >= 11 is 0. The molecule has 0 atom stereocenters. The lowest BCUT2D eigenvalue weighted by Crippen LogP contribution is -2.10. The molecule has 0 unspecified atom stereocenters. The van der Waals surface area contributed by atoms with Gasteiger partial charge in [-0.15, -0.1) is 0 Å². The number of aldehydes is 1. The zero-order valence-corrected chi connectivity index (χ0v) is 16.8. The van der Waals surface area contributed by atoms with Crippen LogP contribution in [0, 0.1) is 6.92 Å². The van der Waals surface area contributed by atoms with Crippen molar-refractivity contribution in [1.82, 2.24) is 4.68 Å². The average molecular weight is 341 g/mol. The molecule has 24 heavy (non-hydrogen) atoms. The lowest BCUT2D eigenvalue weighted by molar-refractivity contribution is 0.111. The summed E-state index contributed by atoms with van der Waals surface area (Å²) in [5.74, 6) is 5.67. The summed E-state index contributed by atoms with van der Waals surface area (Å²) in [6, 6.07) is 0.191. The topological polar surface area (TPSA) is 95.6 Å². The van der Waals surface area contributed by atoms with Crippen LogP contribution < -0.4 is 11.6 Å². The lowest BCUT2D eigenvalue weighted by atomic mass is 10.1. The maximum atomic E-state index is 10.9. The van der Waals surface area contributed by atoms with Gasteiger partial charge in [0.15, 0.2) is 6.29 Å². The van der Waals surface area contributed by atoms with E-state index < -0.39 is 0 Å². The number of methoxy groups -OCH3 is 1. The second kappa shape index (κ2) is 17.3. The summed E-state index contributed by atoms with van der Waals surface area (Å²) in [6.07, 6.45) is 5.56. The molecule has 0 radical (unpaired) electrons. The smallest absolute Gasteiger partial charge is 0.168 e. The maximum Gasteiger partial charge on any atom is 0.168 e. The molecule has 0 aliphatic carbocycles. The van der Waals surface area contributed by atoms with Gasteiger partial charge in [-0.05, 0) is 26.3 Å². The number of allylic oxidation sites excluding steroid dienone is 1. The van der Waals surface area contributed by atoms with Gasteiger partial charge in [0.1, 0.15) is 5.69 Å². The number of ether oxygens (including phenoxy) is 1. The first-order valence-electron chi connectivity index (χ1n) is 8.20. The highest BCUT2D eigenvalue weighted by molar-refractivity contribution is 6.10. The fourth-order valence-corrected chi connectivity index (χ4v) is 1.51. The molecule has 140 valence electrons. The molecule has 0 amide bonds. The molecule has 0 aliphatic heterocycles. The summed E-state index contributed by atoms with van der Waals surface area (Å²) in [7, 11) is 3.25. The highest BCUT2D eigenvalue weighted by Gasteiger charge is 2.12. The van der Waals surface area contributed by atoms with Gasteiger partial charge in [-0.2, -0.15) is 0 Å². The third-order valence-electron chi connectivity index (χ3n) is 2.45. The van der Waals surface area contributed by atoms with E-state index in [1.165, 1.54) is 10.9 Å². The van der Waals surface area contributed by atoms with Gasteiger partial charge < -0.3 is 16.3 Å². The molecule has 0 spiro atoms. The van der Waals surface area contributed by atoms with Crippen molar-refractivity contribution in [3.05, 3.63) is 29.2 Å². The molecule has 1 aromatic heterocycles. The van der Waals surface area contributed by atoms with Gasteiger partial charge >= 0.3 is 0 Å². The third-order valence-corrected chi connectivity index (χ3v) is 2.45. The van der Waals surface area contributed by atoms with Crippen LogP contribution in [0.4, 0.5) is 0 Å². The van der Waals surface area contributed by atoms with Crippen LogP contribution in [0.2, 0.25) is 0 Å². The van der Waals surface area contributed by atoms with Gasteiger partial charge in [-0.25, -0.2) is 0 Å². The van der Waals surface area contributed by atoms with Crippen molar-refractivity contribution >= 4 is 18.1 Å². The van der Waals surface area contributed by atoms with E-state index in [-0.39, 0.29) is 6.04 Å². The molecular weight excluding hydrogens is 304 g/mol. The van der Waals surface area contributed by atoms with Gasteiger partial charge in [0.2, 0.25) is 0 Å². The largest absolute Gasteiger partial charge is 0.404 e. The Bertz CT molecular complexity index is 489. The highest BCUT2D eigenvalue weighted by atomic mass is 16.4. The predicted molar refractivity (Wildman–Crippen MR) is 106 cm³/mol. The Labute approximate surface area is 147 Å². The van der Waals surface area contributed by atoms with Crippen molar-refractivity contribution in [3.8, 4) is 0 Å². The van der Waals surface area contributed by atoms with Crippen LogP contribution in [0.5, 0.6) is 0 Å². The Hall–Kier alpha value is -2.08. The zero-order valence-electron chi connectivity index (χ0n) is 16.8. The number of hydrogen-bond donors (Lipinski definition) is 2. The van der Waals surface area contributed by atoms with E-state index in [4.69, 9.17) is 11.6 Å². The first-order valence-corrected chi connectivity index (χ1v) is 8.20. The molecule has 6 nitrogen and oxygen atoms in total. The van der Waals surface area contributed by atoms with Gasteiger partial charge in [-0.1, -0.05) is 27.7 Å². The van der Waals surface area contributed by atoms with E-state index >= 15 is 0 Å². The Balaban J connectivity index is -0.000000549. The molecule has 0 saturated carbocycles. The number of nitrogens with zero attached hydrogens (tertiary/aromatic N) is 2. The van der Waals surface area contributed by atoms with Crippen LogP contribution in [-0.2, 0) is 4.74 Å². The number of rotatable bonds is 4. The fourth-order valence-electron chi connectivity index (χ4n) is 1.51. The Morgan fingerprint density at radius 3 is 2.00 bits per heavy atom. The molecule has 6 heteroatoms. The molecule has 0 bridgehead atoms. The van der Waals surface area contributed by atoms with Crippen LogP contribution in [0.1, 0.15) is 63.2 Å². The van der Waals surface area contributed by atoms with E-state index in [1.54, 1.807) is 26.6 Å². The van der Waals surface area contributed by atoms with E-state index in [9.17, 15) is 4.79 Å². The van der Waals surface area contributed by atoms with Crippen LogP contribution in [0.3, 0.4) is 0 Å². The minimum atomic E-state index is 0.191. The van der Waals surface area contributed by atoms with E-state index in [0.29, 0.717) is 5.69 Å². The molecule has 4 N–H and O–H groups in total. The number of carbonyl (C=O) groups excluding carboxylic acids is 1. The average Bonchev–Trinajstić information content (AvgIpc) is 2.86. The van der Waals surface area contributed by atoms with Gasteiger partial charge in [0.05, 0.1) is 0 Å². The predicted octanol–water partition coefficient (Wildman–Crippen LogP) is 3.42. The highest BCUT2D eigenvalue weighted by Crippen LogP contribution is 2.20. The molecule has 0 saturated heterocycles. The van der Waals surface area contributed by atoms with Crippen molar-refractivity contribution in [2.75, 3.05) is 20.1 Å². The summed E-state index contributed by atoms with van der Waals surface area (Å²) in [5.41, 5.74) is 8.39. The normalized spacial score (nSPS) is 10.2. The summed E-state index contributed by atoms with van der Waals surface area (Å²) in [5, 5.41) is 0. The van der Waals surface area contributed by atoms with Crippen molar-refractivity contribution in [1.29, 1.82) is 0 Å². The van der Waals surface area contributed by atoms with Crippen molar-refractivity contribution < 1.29 is 9.53 Å². The molecule has 1 rings (SSSR count). The maximum absolute atomic E-state index is 10.9. The standard InChI is InChI=1S/C12H18N4O.C2H6O.2C2H6/c1-8(2)15-5-10(4-13)11-6-16(14)12(7-17)9(11)3;1-3-2;2*1-2/h4-8H,13-14H2,1-3H3;1-2H3;2*1-2H3/b10-4+,15-5?;;;. The Morgan fingerprint density at radius 1 is 1.25 bits per heavy atom. The fraction of sp³-hybridized carbons (Fsp3) is 0.556. The second-order valence-corrected chi connectivity index (χ2v) is 4.48. The van der Waals surface area contributed by atoms with Crippen LogP contribution in [-0.4, -0.2) is 37.4 Å². The number of hydrogen-bond acceptors (Lipinski definition) is 5. The van der Waals surface area contributed by atoms with E-state index in [0.717, 1.165) is 23.0 Å². The van der Waals surface area contributed by atoms with Crippen LogP contribution in [0.25, 0.3) is 5.57 Å². The van der Waals surface area contributed by atoms with Crippen molar-refractivity contribution in [3.63, 3.8) is 0 Å². The second-order valence-electron chi connectivity index (χ2n) is 4.48. The van der Waals surface area contributed by atoms with Gasteiger partial charge in [0, 0.05) is 50.0 Å². The number of nitrogens with two attached hydrogens (primary N) is 2. The third kappa shape index (κ3) is 9.84. The molecule has 0 fully saturated rings. The number of carbonyl (C=O) groups is 1. The number of nitrogen functional groups attached to an aromatic ring is 1. The van der Waals surface area contributed by atoms with Gasteiger partial charge in [-0.3, -0.25) is 14.5 Å². The van der Waals surface area contributed by atoms with Crippen molar-refractivity contribution in [2.24, 2.45) is 10.7 Å². The monoisotopic (exact) mass is 340 g/mol. The quantitative estimate of drug-likeness (QED) is 0.499. The van der Waals surface area contributed by atoms with Crippen LogP contribution in [0.15, 0.2) is 17.4 Å². The van der Waals surface area contributed by atoms with E-state index in [2.05, 4.69) is 9.73 Å². The molecular formula is C18H36N4O2. The molecule has 0 aromatic carbocycles. The SMILES string of the molecule is CC.CC.COC.Cc1c(/C(C=NC(C)C)=C/N)cn(N)c1C=O. The summed E-state index contributed by atoms with van der Waals surface area (Å²) in [4.78, 5) is 15.1. The summed E-state index contributed by atoms with van der Waals surface area (Å²) in [6.45, 7) is 13.8. The van der Waals surface area contributed by atoms with Crippen LogP contribution >= 0.6 is 0 Å². The summed E-state index contributed by atoms with van der Waals surface area (Å²) < 4.78 is 5.55. The van der Waals surface area contributed by atoms with E-state index in [1.807, 2.05) is 48.5 Å².